The van der Waals surface area contributed by atoms with Gasteiger partial charge < -0.3 is 0 Å². The van der Waals surface area contributed by atoms with Crippen LogP contribution < -0.4 is 0 Å². The van der Waals surface area contributed by atoms with E-state index in [0.717, 1.165) is 30.6 Å². The summed E-state index contributed by atoms with van der Waals surface area (Å²) in [5, 5.41) is 8.79. The maximum Gasteiger partial charge on any atom is 0.144 e. The van der Waals surface area contributed by atoms with Crippen LogP contribution in [0.15, 0.2) is 24.3 Å². The second-order valence-corrected chi connectivity index (χ2v) is 9.67. The van der Waals surface area contributed by atoms with Gasteiger partial charge in [0.1, 0.15) is 23.3 Å². The van der Waals surface area contributed by atoms with E-state index in [9.17, 15) is 8.78 Å². The van der Waals surface area contributed by atoms with Crippen LogP contribution in [0.4, 0.5) is 8.78 Å². The molecule has 1 aromatic carbocycles. The van der Waals surface area contributed by atoms with E-state index in [4.69, 9.17) is 5.26 Å². The van der Waals surface area contributed by atoms with Crippen molar-refractivity contribution < 1.29 is 8.78 Å². The van der Waals surface area contributed by atoms with Gasteiger partial charge in [-0.3, -0.25) is 0 Å². The normalized spacial score (nSPS) is 27.3. The van der Waals surface area contributed by atoms with Gasteiger partial charge in [0, 0.05) is 0 Å². The molecule has 0 aromatic heterocycles. The van der Waals surface area contributed by atoms with Gasteiger partial charge in [0.05, 0.1) is 0 Å². The molecule has 1 aromatic rings. The number of benzene rings is 1. The van der Waals surface area contributed by atoms with E-state index in [2.05, 4.69) is 19.1 Å². The van der Waals surface area contributed by atoms with E-state index in [-0.39, 0.29) is 0 Å². The molecule has 0 N–H and O–H groups in total. The molecule has 1 nitrogen and oxygen atoms in total. The second-order valence-electron chi connectivity index (χ2n) is 9.67. The van der Waals surface area contributed by atoms with E-state index in [1.54, 1.807) is 6.07 Å². The van der Waals surface area contributed by atoms with Gasteiger partial charge in [-0.25, -0.2) is 8.78 Å². The Hall–Kier alpha value is -1.69. The van der Waals surface area contributed by atoms with Crippen molar-refractivity contribution >= 4 is 0 Å². The third kappa shape index (κ3) is 6.66. The van der Waals surface area contributed by atoms with Gasteiger partial charge in [-0.05, 0) is 86.3 Å². The molecule has 2 saturated carbocycles. The first-order valence-electron chi connectivity index (χ1n) is 12.1. The quantitative estimate of drug-likeness (QED) is 0.395. The van der Waals surface area contributed by atoms with Crippen LogP contribution in [0.3, 0.4) is 0 Å². The molecular formula is C27H37F2N. The zero-order valence-electron chi connectivity index (χ0n) is 18.5. The topological polar surface area (TPSA) is 23.8 Å². The number of aryl methyl sites for hydroxylation is 1. The monoisotopic (exact) mass is 413 g/mol. The van der Waals surface area contributed by atoms with Crippen LogP contribution in [-0.4, -0.2) is 0 Å². The van der Waals surface area contributed by atoms with Gasteiger partial charge >= 0.3 is 0 Å². The zero-order chi connectivity index (χ0) is 21.3. The fourth-order valence-corrected chi connectivity index (χ4v) is 5.53. The van der Waals surface area contributed by atoms with E-state index in [0.29, 0.717) is 17.9 Å². The summed E-state index contributed by atoms with van der Waals surface area (Å²) in [5.41, 5.74) is 0.209. The van der Waals surface area contributed by atoms with Crippen molar-refractivity contribution in [2.24, 2.45) is 23.7 Å². The molecule has 0 atom stereocenters. The summed E-state index contributed by atoms with van der Waals surface area (Å²) in [6.07, 6.45) is 21.1. The molecule has 0 unspecified atom stereocenters. The van der Waals surface area contributed by atoms with Crippen molar-refractivity contribution in [1.29, 1.82) is 5.26 Å². The first-order valence-corrected chi connectivity index (χ1v) is 12.1. The minimum atomic E-state index is -0.730. The summed E-state index contributed by atoms with van der Waals surface area (Å²) in [6, 6.07) is 4.26. The molecule has 2 fully saturated rings. The molecule has 0 heterocycles. The van der Waals surface area contributed by atoms with E-state index in [1.165, 1.54) is 76.3 Å². The van der Waals surface area contributed by atoms with Crippen molar-refractivity contribution in [3.63, 3.8) is 0 Å². The molecule has 3 rings (SSSR count). The fraction of sp³-hybridized carbons (Fsp3) is 0.667. The molecule has 2 aliphatic rings. The van der Waals surface area contributed by atoms with Gasteiger partial charge in [0.2, 0.25) is 0 Å². The van der Waals surface area contributed by atoms with Crippen LogP contribution in [0.25, 0.3) is 0 Å². The minimum absolute atomic E-state index is 0.467. The highest BCUT2D eigenvalue weighted by Gasteiger charge is 2.24. The lowest BCUT2D eigenvalue weighted by Crippen LogP contribution is -2.18. The van der Waals surface area contributed by atoms with Crippen LogP contribution >= 0.6 is 0 Å². The van der Waals surface area contributed by atoms with Crippen LogP contribution in [0.2, 0.25) is 0 Å². The highest BCUT2D eigenvalue weighted by molar-refractivity contribution is 5.35. The Morgan fingerprint density at radius 2 is 1.37 bits per heavy atom. The molecule has 0 aliphatic heterocycles. The van der Waals surface area contributed by atoms with Crippen LogP contribution in [-0.2, 0) is 6.42 Å². The lowest BCUT2D eigenvalue weighted by molar-refractivity contribution is 0.222. The largest absolute Gasteiger partial charge is 0.205 e. The standard InChI is InChI=1S/C27H37F2N/c1-2-3-4-20-5-7-21(8-6-20)9-10-22-11-13-23(14-12-22)15-16-24-17-26(28)25(19-30)27(29)18-24/h3-4,17-18,20-23H,2,5-16H2,1H3/b4-3+. The summed E-state index contributed by atoms with van der Waals surface area (Å²) in [6.45, 7) is 2.21. The zero-order valence-corrected chi connectivity index (χ0v) is 18.5. The Kier molecular flexibility index (Phi) is 8.91. The Bertz CT molecular complexity index is 709. The highest BCUT2D eigenvalue weighted by Crippen LogP contribution is 2.38. The first-order chi connectivity index (χ1) is 14.6. The molecule has 3 heteroatoms. The maximum atomic E-state index is 13.8. The van der Waals surface area contributed by atoms with E-state index < -0.39 is 17.2 Å². The number of hydrogen-bond acceptors (Lipinski definition) is 1. The summed E-state index contributed by atoms with van der Waals surface area (Å²) in [7, 11) is 0. The minimum Gasteiger partial charge on any atom is -0.205 e. The molecule has 0 amide bonds. The third-order valence-electron chi connectivity index (χ3n) is 7.54. The summed E-state index contributed by atoms with van der Waals surface area (Å²) in [4.78, 5) is 0. The van der Waals surface area contributed by atoms with Crippen LogP contribution in [0, 0.1) is 46.6 Å². The Balaban J connectivity index is 1.33. The first kappa shape index (κ1) is 23.0. The summed E-state index contributed by atoms with van der Waals surface area (Å²) < 4.78 is 27.6. The molecule has 164 valence electrons. The van der Waals surface area contributed by atoms with Crippen LogP contribution in [0.1, 0.15) is 95.1 Å². The third-order valence-corrected chi connectivity index (χ3v) is 7.54. The lowest BCUT2D eigenvalue weighted by Gasteiger charge is -2.31. The average Bonchev–Trinajstić information content (AvgIpc) is 2.76. The van der Waals surface area contributed by atoms with E-state index in [1.807, 2.05) is 0 Å². The predicted octanol–water partition coefficient (Wildman–Crippen LogP) is 8.13. The Morgan fingerprint density at radius 1 is 0.867 bits per heavy atom. The number of halogens is 2. The fourth-order valence-electron chi connectivity index (χ4n) is 5.53. The molecule has 0 radical (unpaired) electrons. The molecule has 0 bridgehead atoms. The van der Waals surface area contributed by atoms with Gasteiger partial charge in [-0.1, -0.05) is 57.6 Å². The summed E-state index contributed by atoms with van der Waals surface area (Å²) >= 11 is 0. The molecule has 0 spiro atoms. The van der Waals surface area contributed by atoms with Gasteiger partial charge in [-0.2, -0.15) is 5.26 Å². The Morgan fingerprint density at radius 3 is 1.87 bits per heavy atom. The maximum absolute atomic E-state index is 13.8. The molecule has 0 saturated heterocycles. The van der Waals surface area contributed by atoms with Crippen molar-refractivity contribution in [3.8, 4) is 6.07 Å². The van der Waals surface area contributed by atoms with Crippen molar-refractivity contribution in [3.05, 3.63) is 47.0 Å². The van der Waals surface area contributed by atoms with Gasteiger partial charge in [-0.15, -0.1) is 0 Å². The van der Waals surface area contributed by atoms with Crippen molar-refractivity contribution in [2.45, 2.75) is 90.4 Å². The Labute approximate surface area is 181 Å². The number of hydrogen-bond donors (Lipinski definition) is 0. The smallest absolute Gasteiger partial charge is 0.144 e. The van der Waals surface area contributed by atoms with Gasteiger partial charge in [0.15, 0.2) is 0 Å². The number of rotatable bonds is 8. The molecule has 2 aliphatic carbocycles. The second kappa shape index (κ2) is 11.6. The summed E-state index contributed by atoms with van der Waals surface area (Å²) in [5.74, 6) is 1.86. The number of nitrogens with zero attached hydrogens (tertiary/aromatic N) is 1. The number of allylic oxidation sites excluding steroid dienone is 2. The highest BCUT2D eigenvalue weighted by atomic mass is 19.1. The number of nitriles is 1. The van der Waals surface area contributed by atoms with E-state index >= 15 is 0 Å². The lowest BCUT2D eigenvalue weighted by atomic mass is 9.74. The SMILES string of the molecule is CC/C=C/C1CCC(CCC2CCC(CCc3cc(F)c(C#N)c(F)c3)CC2)CC1. The predicted molar refractivity (Wildman–Crippen MR) is 119 cm³/mol. The average molecular weight is 414 g/mol. The van der Waals surface area contributed by atoms with Crippen LogP contribution in [0.5, 0.6) is 0 Å². The molecular weight excluding hydrogens is 376 g/mol. The van der Waals surface area contributed by atoms with Crippen molar-refractivity contribution in [1.82, 2.24) is 0 Å². The van der Waals surface area contributed by atoms with Crippen molar-refractivity contribution in [2.75, 3.05) is 0 Å². The molecule has 30 heavy (non-hydrogen) atoms. The van der Waals surface area contributed by atoms with Gasteiger partial charge in [0.25, 0.3) is 0 Å².